The first-order chi connectivity index (χ1) is 16.9. The molecule has 184 valence electrons. The Morgan fingerprint density at radius 1 is 1.09 bits per heavy atom. The molecule has 3 aliphatic rings. The Morgan fingerprint density at radius 2 is 1.86 bits per heavy atom. The summed E-state index contributed by atoms with van der Waals surface area (Å²) in [5, 5.41) is 12.2. The van der Waals surface area contributed by atoms with Gasteiger partial charge in [-0.3, -0.25) is 14.5 Å². The van der Waals surface area contributed by atoms with Crippen molar-refractivity contribution < 1.29 is 19.4 Å². The molecule has 4 atom stereocenters. The van der Waals surface area contributed by atoms with E-state index in [4.69, 9.17) is 4.74 Å². The molecule has 2 fully saturated rings. The first-order valence-electron chi connectivity index (χ1n) is 13.0. The van der Waals surface area contributed by atoms with Gasteiger partial charge in [-0.25, -0.2) is 0 Å². The summed E-state index contributed by atoms with van der Waals surface area (Å²) in [5.41, 5.74) is 5.12. The number of fused-ring (bicyclic) bond motifs is 4. The fourth-order valence-corrected chi connectivity index (χ4v) is 6.49. The highest BCUT2D eigenvalue weighted by Crippen LogP contribution is 2.50. The lowest BCUT2D eigenvalue weighted by Gasteiger charge is -2.32. The molecule has 2 aromatic rings. The maximum atomic E-state index is 12.9. The topological polar surface area (TPSA) is 66.8 Å². The molecule has 0 spiro atoms. The number of allylic oxidation sites excluding steroid dienone is 2. The van der Waals surface area contributed by atoms with E-state index in [0.717, 1.165) is 48.4 Å². The van der Waals surface area contributed by atoms with Gasteiger partial charge in [0.15, 0.2) is 0 Å². The summed E-state index contributed by atoms with van der Waals surface area (Å²) in [4.78, 5) is 27.0. The molecular weight excluding hydrogens is 438 g/mol. The van der Waals surface area contributed by atoms with E-state index >= 15 is 0 Å². The summed E-state index contributed by atoms with van der Waals surface area (Å²) in [6.07, 6.45) is 7.70. The SMILES string of the molecule is CCCC1=C2[C@@H](CC/C(=C/c3ccc(O)c4ccccc34)CC)OC[C@@H]2[C@@H]2C(=O)N(C)C(=O)[C@@H]2C1. The lowest BCUT2D eigenvalue weighted by atomic mass is 9.68. The molecule has 5 nitrogen and oxygen atoms in total. The van der Waals surface area contributed by atoms with Crippen molar-refractivity contribution in [3.8, 4) is 5.75 Å². The summed E-state index contributed by atoms with van der Waals surface area (Å²) < 4.78 is 6.33. The highest BCUT2D eigenvalue weighted by Gasteiger charge is 2.55. The van der Waals surface area contributed by atoms with Crippen molar-refractivity contribution in [3.05, 3.63) is 58.7 Å². The number of imide groups is 1. The molecule has 2 aromatic carbocycles. The predicted molar refractivity (Wildman–Crippen MR) is 138 cm³/mol. The molecule has 0 saturated carbocycles. The molecular formula is C30H35NO4. The Morgan fingerprint density at radius 3 is 2.60 bits per heavy atom. The first-order valence-corrected chi connectivity index (χ1v) is 13.0. The number of aromatic hydroxyl groups is 1. The van der Waals surface area contributed by atoms with Gasteiger partial charge in [-0.1, -0.05) is 67.8 Å². The van der Waals surface area contributed by atoms with Gasteiger partial charge in [0.25, 0.3) is 0 Å². The van der Waals surface area contributed by atoms with E-state index in [0.29, 0.717) is 18.8 Å². The number of benzene rings is 2. The molecule has 1 N–H and O–H groups in total. The van der Waals surface area contributed by atoms with Gasteiger partial charge in [0.2, 0.25) is 11.8 Å². The summed E-state index contributed by atoms with van der Waals surface area (Å²) in [5.74, 6) is -0.171. The van der Waals surface area contributed by atoms with Crippen LogP contribution in [-0.4, -0.2) is 41.6 Å². The maximum absolute atomic E-state index is 12.9. The van der Waals surface area contributed by atoms with E-state index in [-0.39, 0.29) is 35.7 Å². The van der Waals surface area contributed by atoms with Crippen molar-refractivity contribution >= 4 is 28.7 Å². The highest BCUT2D eigenvalue weighted by molar-refractivity contribution is 6.05. The fraction of sp³-hybridized carbons (Fsp3) is 0.467. The first kappa shape index (κ1) is 23.8. The van der Waals surface area contributed by atoms with Crippen LogP contribution in [0.5, 0.6) is 5.75 Å². The minimum absolute atomic E-state index is 0.0165. The lowest BCUT2D eigenvalue weighted by molar-refractivity contribution is -0.138. The van der Waals surface area contributed by atoms with Crippen LogP contribution in [0, 0.1) is 17.8 Å². The molecule has 1 aliphatic carbocycles. The van der Waals surface area contributed by atoms with Crippen molar-refractivity contribution in [2.45, 2.75) is 58.5 Å². The van der Waals surface area contributed by atoms with E-state index in [1.165, 1.54) is 21.6 Å². The Labute approximate surface area is 207 Å². The average molecular weight is 474 g/mol. The quantitative estimate of drug-likeness (QED) is 0.404. The molecule has 2 saturated heterocycles. The van der Waals surface area contributed by atoms with Crippen LogP contribution >= 0.6 is 0 Å². The van der Waals surface area contributed by atoms with E-state index < -0.39 is 0 Å². The van der Waals surface area contributed by atoms with Gasteiger partial charge >= 0.3 is 0 Å². The van der Waals surface area contributed by atoms with Crippen LogP contribution in [0.25, 0.3) is 16.8 Å². The third-order valence-corrected chi connectivity index (χ3v) is 8.26. The van der Waals surface area contributed by atoms with Gasteiger partial charge < -0.3 is 9.84 Å². The van der Waals surface area contributed by atoms with Crippen molar-refractivity contribution in [2.75, 3.05) is 13.7 Å². The van der Waals surface area contributed by atoms with Crippen molar-refractivity contribution in [1.29, 1.82) is 0 Å². The zero-order chi connectivity index (χ0) is 24.7. The number of hydrogen-bond acceptors (Lipinski definition) is 4. The number of phenols is 1. The van der Waals surface area contributed by atoms with Crippen LogP contribution in [0.4, 0.5) is 0 Å². The van der Waals surface area contributed by atoms with Crippen LogP contribution in [0.1, 0.15) is 57.9 Å². The van der Waals surface area contributed by atoms with Gasteiger partial charge in [0, 0.05) is 18.4 Å². The van der Waals surface area contributed by atoms with Crippen LogP contribution in [0.15, 0.2) is 53.1 Å². The standard InChI is InChI=1S/C30H35NO4/c1-4-8-20-16-23-28(30(34)31(3)29(23)33)24-17-35-26(27(20)24)14-11-18(5-2)15-19-12-13-25(32)22-10-7-6-9-21(19)22/h6-7,9-10,12-13,15,23-24,26,28,32H,4-5,8,11,14,16-17H2,1-3H3/b18-15+/t23-,24+,26-,28-/m1/s1. The monoisotopic (exact) mass is 473 g/mol. The van der Waals surface area contributed by atoms with E-state index in [2.05, 4.69) is 26.0 Å². The number of rotatable bonds is 7. The Bertz CT molecular complexity index is 1230. The van der Waals surface area contributed by atoms with E-state index in [9.17, 15) is 14.7 Å². The van der Waals surface area contributed by atoms with Crippen LogP contribution in [-0.2, 0) is 14.3 Å². The fourth-order valence-electron chi connectivity index (χ4n) is 6.49. The van der Waals surface area contributed by atoms with Crippen LogP contribution in [0.3, 0.4) is 0 Å². The van der Waals surface area contributed by atoms with Crippen LogP contribution in [0.2, 0.25) is 0 Å². The smallest absolute Gasteiger partial charge is 0.233 e. The summed E-state index contributed by atoms with van der Waals surface area (Å²) in [6, 6.07) is 11.7. The average Bonchev–Trinajstić information content (AvgIpc) is 3.39. The molecule has 35 heavy (non-hydrogen) atoms. The van der Waals surface area contributed by atoms with Crippen LogP contribution < -0.4 is 0 Å². The Balaban J connectivity index is 1.39. The van der Waals surface area contributed by atoms with Crippen molar-refractivity contribution in [2.24, 2.45) is 17.8 Å². The van der Waals surface area contributed by atoms with E-state index in [1.54, 1.807) is 13.1 Å². The van der Waals surface area contributed by atoms with Gasteiger partial charge in [-0.15, -0.1) is 0 Å². The molecule has 5 rings (SSSR count). The second-order valence-electron chi connectivity index (χ2n) is 10.2. The second kappa shape index (κ2) is 9.62. The molecule has 2 aliphatic heterocycles. The van der Waals surface area contributed by atoms with Crippen molar-refractivity contribution in [1.82, 2.24) is 4.90 Å². The van der Waals surface area contributed by atoms with Gasteiger partial charge in [-0.05, 0) is 54.7 Å². The lowest BCUT2D eigenvalue weighted by Crippen LogP contribution is -2.34. The summed E-state index contributed by atoms with van der Waals surface area (Å²) >= 11 is 0. The van der Waals surface area contributed by atoms with Crippen molar-refractivity contribution in [3.63, 3.8) is 0 Å². The number of phenolic OH excluding ortho intramolecular Hbond substituents is 1. The maximum Gasteiger partial charge on any atom is 0.233 e. The van der Waals surface area contributed by atoms with Gasteiger partial charge in [-0.2, -0.15) is 0 Å². The second-order valence-corrected chi connectivity index (χ2v) is 10.2. The number of carbonyl (C=O) groups is 2. The minimum atomic E-state index is -0.252. The number of hydrogen-bond donors (Lipinski definition) is 1. The number of amides is 2. The Hall–Kier alpha value is -2.92. The Kier molecular flexibility index (Phi) is 6.54. The third-order valence-electron chi connectivity index (χ3n) is 8.26. The number of carbonyl (C=O) groups excluding carboxylic acids is 2. The van der Waals surface area contributed by atoms with Gasteiger partial charge in [0.05, 0.1) is 24.5 Å². The van der Waals surface area contributed by atoms with E-state index in [1.807, 2.05) is 24.3 Å². The zero-order valence-corrected chi connectivity index (χ0v) is 20.9. The number of likely N-dealkylation sites (tertiary alicyclic amines) is 1. The third kappa shape index (κ3) is 4.10. The molecule has 2 amide bonds. The molecule has 2 heterocycles. The molecule has 0 bridgehead atoms. The van der Waals surface area contributed by atoms with Gasteiger partial charge in [0.1, 0.15) is 5.75 Å². The molecule has 0 radical (unpaired) electrons. The largest absolute Gasteiger partial charge is 0.507 e. The normalized spacial score (nSPS) is 26.6. The number of ether oxygens (including phenoxy) is 1. The zero-order valence-electron chi connectivity index (χ0n) is 20.9. The predicted octanol–water partition coefficient (Wildman–Crippen LogP) is 5.87. The number of nitrogens with zero attached hydrogens (tertiary/aromatic N) is 1. The summed E-state index contributed by atoms with van der Waals surface area (Å²) in [7, 11) is 1.63. The minimum Gasteiger partial charge on any atom is -0.507 e. The highest BCUT2D eigenvalue weighted by atomic mass is 16.5. The molecule has 0 aromatic heterocycles. The molecule has 5 heteroatoms. The summed E-state index contributed by atoms with van der Waals surface area (Å²) in [6.45, 7) is 4.89. The molecule has 0 unspecified atom stereocenters.